The molecule has 1 aromatic rings. The average molecular weight is 252 g/mol. The van der Waals surface area contributed by atoms with Crippen molar-refractivity contribution in [1.29, 1.82) is 0 Å². The van der Waals surface area contributed by atoms with Crippen LogP contribution in [0.3, 0.4) is 0 Å². The molecule has 0 aliphatic heterocycles. The molecule has 1 rings (SSSR count). The van der Waals surface area contributed by atoms with Crippen molar-refractivity contribution in [2.24, 2.45) is 11.5 Å². The molecule has 0 spiro atoms. The molecule has 0 fully saturated rings. The van der Waals surface area contributed by atoms with Gasteiger partial charge in [-0.25, -0.2) is 0 Å². The number of nitro benzene ring substituents is 1. The molecule has 0 unspecified atom stereocenters. The van der Waals surface area contributed by atoms with E-state index in [2.05, 4.69) is 5.32 Å². The van der Waals surface area contributed by atoms with Crippen LogP contribution >= 0.6 is 0 Å². The normalized spacial score (nSPS) is 11.1. The summed E-state index contributed by atoms with van der Waals surface area (Å²) < 4.78 is 0. The molecule has 18 heavy (non-hydrogen) atoms. The highest BCUT2D eigenvalue weighted by atomic mass is 16.6. The summed E-state index contributed by atoms with van der Waals surface area (Å²) in [7, 11) is 0. The van der Waals surface area contributed by atoms with E-state index >= 15 is 0 Å². The fraction of sp³-hybridized carbons (Fsp3) is 0.364. The van der Waals surface area contributed by atoms with Crippen molar-refractivity contribution in [2.45, 2.75) is 19.4 Å². The van der Waals surface area contributed by atoms with Crippen LogP contribution in [0.2, 0.25) is 0 Å². The monoisotopic (exact) mass is 252 g/mol. The van der Waals surface area contributed by atoms with E-state index in [1.807, 2.05) is 0 Å². The van der Waals surface area contributed by atoms with E-state index in [1.54, 1.807) is 13.8 Å². The molecule has 0 aliphatic carbocycles. The van der Waals surface area contributed by atoms with E-state index in [9.17, 15) is 14.9 Å². The number of benzene rings is 1. The maximum absolute atomic E-state index is 11.0. The van der Waals surface area contributed by atoms with Gasteiger partial charge in [0.15, 0.2) is 0 Å². The zero-order valence-corrected chi connectivity index (χ0v) is 10.3. The Morgan fingerprint density at radius 2 is 2.11 bits per heavy atom. The summed E-state index contributed by atoms with van der Waals surface area (Å²) in [5.41, 5.74) is 10.6. The topological polar surface area (TPSA) is 124 Å². The number of hydrogen-bond donors (Lipinski definition) is 3. The number of primary amides is 1. The summed E-state index contributed by atoms with van der Waals surface area (Å²) in [6.07, 6.45) is 0. The Kier molecular flexibility index (Phi) is 3.87. The minimum absolute atomic E-state index is 0.0965. The first-order valence-corrected chi connectivity index (χ1v) is 5.32. The fourth-order valence-electron chi connectivity index (χ4n) is 1.31. The van der Waals surface area contributed by atoms with Gasteiger partial charge in [-0.05, 0) is 26.0 Å². The summed E-state index contributed by atoms with van der Waals surface area (Å²) in [6.45, 7) is 3.96. The predicted octanol–water partition coefficient (Wildman–Crippen LogP) is 0.843. The van der Waals surface area contributed by atoms with Crippen LogP contribution in [0.4, 0.5) is 11.4 Å². The second-order valence-electron chi connectivity index (χ2n) is 4.70. The first kappa shape index (κ1) is 13.9. The van der Waals surface area contributed by atoms with Crippen molar-refractivity contribution >= 4 is 17.3 Å². The van der Waals surface area contributed by atoms with Gasteiger partial charge in [-0.1, -0.05) is 0 Å². The number of amides is 1. The third-order valence-electron chi connectivity index (χ3n) is 2.21. The van der Waals surface area contributed by atoms with Gasteiger partial charge in [-0.3, -0.25) is 14.9 Å². The van der Waals surface area contributed by atoms with Crippen LogP contribution in [0.15, 0.2) is 18.2 Å². The molecular formula is C11H16N4O3. The smallest absolute Gasteiger partial charge is 0.293 e. The number of nitrogens with one attached hydrogen (secondary N) is 1. The average Bonchev–Trinajstić information content (AvgIpc) is 2.24. The number of carbonyl (C=O) groups is 1. The van der Waals surface area contributed by atoms with Gasteiger partial charge in [-0.15, -0.1) is 0 Å². The largest absolute Gasteiger partial charge is 0.378 e. The first-order chi connectivity index (χ1) is 8.20. The van der Waals surface area contributed by atoms with Crippen molar-refractivity contribution in [2.75, 3.05) is 11.9 Å². The summed E-state index contributed by atoms with van der Waals surface area (Å²) >= 11 is 0. The van der Waals surface area contributed by atoms with Gasteiger partial charge in [0.05, 0.1) is 4.92 Å². The van der Waals surface area contributed by atoms with Gasteiger partial charge in [0, 0.05) is 23.7 Å². The lowest BCUT2D eigenvalue weighted by molar-refractivity contribution is -0.384. The number of anilines is 1. The molecule has 0 saturated carbocycles. The van der Waals surface area contributed by atoms with E-state index in [-0.39, 0.29) is 11.3 Å². The summed E-state index contributed by atoms with van der Waals surface area (Å²) in [5, 5.41) is 13.8. The fourth-order valence-corrected chi connectivity index (χ4v) is 1.31. The molecule has 0 aliphatic rings. The quantitative estimate of drug-likeness (QED) is 0.529. The molecule has 7 nitrogen and oxygen atoms in total. The van der Waals surface area contributed by atoms with Gasteiger partial charge in [-0.2, -0.15) is 0 Å². The number of rotatable bonds is 5. The number of carbonyl (C=O) groups excluding carboxylic acids is 1. The first-order valence-electron chi connectivity index (χ1n) is 5.32. The summed E-state index contributed by atoms with van der Waals surface area (Å²) in [6, 6.07) is 4.03. The van der Waals surface area contributed by atoms with Crippen LogP contribution < -0.4 is 16.8 Å². The summed E-state index contributed by atoms with van der Waals surface area (Å²) in [5.74, 6) is -0.705. The van der Waals surface area contributed by atoms with Gasteiger partial charge in [0.2, 0.25) is 5.91 Å². The lowest BCUT2D eigenvalue weighted by atomic mass is 10.1. The Morgan fingerprint density at radius 3 is 2.56 bits per heavy atom. The van der Waals surface area contributed by atoms with Crippen LogP contribution in [0, 0.1) is 10.1 Å². The second kappa shape index (κ2) is 5.01. The summed E-state index contributed by atoms with van der Waals surface area (Å²) in [4.78, 5) is 21.3. The molecule has 0 aromatic heterocycles. The molecule has 0 saturated heterocycles. The number of nitro groups is 1. The van der Waals surface area contributed by atoms with E-state index in [1.165, 1.54) is 12.1 Å². The van der Waals surface area contributed by atoms with Crippen LogP contribution in [0.5, 0.6) is 0 Å². The van der Waals surface area contributed by atoms with Gasteiger partial charge >= 0.3 is 0 Å². The SMILES string of the molecule is CC(C)(N)CNc1ccc(C(N)=O)cc1[N+](=O)[O-]. The molecule has 1 amide bonds. The lowest BCUT2D eigenvalue weighted by Crippen LogP contribution is -2.39. The Hall–Kier alpha value is -2.15. The van der Waals surface area contributed by atoms with Crippen molar-refractivity contribution < 1.29 is 9.72 Å². The number of hydrogen-bond acceptors (Lipinski definition) is 5. The number of nitrogens with two attached hydrogens (primary N) is 2. The lowest BCUT2D eigenvalue weighted by Gasteiger charge is -2.19. The highest BCUT2D eigenvalue weighted by Crippen LogP contribution is 2.25. The molecule has 7 heteroatoms. The Bertz CT molecular complexity index is 480. The highest BCUT2D eigenvalue weighted by molar-refractivity contribution is 5.94. The standard InChI is InChI=1S/C11H16N4O3/c1-11(2,13)6-14-8-4-3-7(10(12)16)5-9(8)15(17)18/h3-5,14H,6,13H2,1-2H3,(H2,12,16). The highest BCUT2D eigenvalue weighted by Gasteiger charge is 2.18. The predicted molar refractivity (Wildman–Crippen MR) is 68.4 cm³/mol. The molecule has 0 heterocycles. The van der Waals surface area contributed by atoms with E-state index in [4.69, 9.17) is 11.5 Å². The third kappa shape index (κ3) is 3.70. The maximum atomic E-state index is 11.0. The van der Waals surface area contributed by atoms with Crippen LogP contribution in [-0.4, -0.2) is 22.9 Å². The molecule has 0 bridgehead atoms. The van der Waals surface area contributed by atoms with Gasteiger partial charge < -0.3 is 16.8 Å². The van der Waals surface area contributed by atoms with E-state index < -0.39 is 16.4 Å². The molecule has 0 atom stereocenters. The molecule has 98 valence electrons. The molecule has 0 radical (unpaired) electrons. The maximum Gasteiger partial charge on any atom is 0.293 e. The zero-order chi connectivity index (χ0) is 13.9. The van der Waals surface area contributed by atoms with Crippen LogP contribution in [-0.2, 0) is 0 Å². The van der Waals surface area contributed by atoms with E-state index in [0.29, 0.717) is 12.2 Å². The van der Waals surface area contributed by atoms with E-state index in [0.717, 1.165) is 6.07 Å². The van der Waals surface area contributed by atoms with Gasteiger partial charge in [0.25, 0.3) is 5.69 Å². The van der Waals surface area contributed by atoms with Gasteiger partial charge in [0.1, 0.15) is 5.69 Å². The van der Waals surface area contributed by atoms with Crippen molar-refractivity contribution in [3.63, 3.8) is 0 Å². The minimum Gasteiger partial charge on any atom is -0.378 e. The second-order valence-corrected chi connectivity index (χ2v) is 4.70. The van der Waals surface area contributed by atoms with Crippen LogP contribution in [0.25, 0.3) is 0 Å². The molecular weight excluding hydrogens is 236 g/mol. The Balaban J connectivity index is 3.05. The van der Waals surface area contributed by atoms with Crippen LogP contribution in [0.1, 0.15) is 24.2 Å². The third-order valence-corrected chi connectivity index (χ3v) is 2.21. The van der Waals surface area contributed by atoms with Crippen molar-refractivity contribution in [1.82, 2.24) is 0 Å². The zero-order valence-electron chi connectivity index (χ0n) is 10.3. The Morgan fingerprint density at radius 1 is 1.50 bits per heavy atom. The minimum atomic E-state index is -0.705. The van der Waals surface area contributed by atoms with Crippen molar-refractivity contribution in [3.8, 4) is 0 Å². The van der Waals surface area contributed by atoms with Crippen molar-refractivity contribution in [3.05, 3.63) is 33.9 Å². The molecule has 1 aromatic carbocycles. The number of nitrogens with zero attached hydrogens (tertiary/aromatic N) is 1. The molecule has 5 N–H and O–H groups in total. The Labute approximate surface area is 104 Å².